The van der Waals surface area contributed by atoms with Crippen molar-refractivity contribution in [2.45, 2.75) is 44.2 Å². The van der Waals surface area contributed by atoms with E-state index >= 15 is 0 Å². The van der Waals surface area contributed by atoms with E-state index in [4.69, 9.17) is 16.3 Å². The van der Waals surface area contributed by atoms with Crippen molar-refractivity contribution in [3.63, 3.8) is 0 Å². The van der Waals surface area contributed by atoms with Gasteiger partial charge in [-0.1, -0.05) is 84.8 Å². The monoisotopic (exact) mass is 647 g/mol. The molecule has 8 nitrogen and oxygen atoms in total. The summed E-state index contributed by atoms with van der Waals surface area (Å²) in [7, 11) is -2.68. The van der Waals surface area contributed by atoms with Gasteiger partial charge in [0.15, 0.2) is 0 Å². The van der Waals surface area contributed by atoms with Crippen LogP contribution in [0.3, 0.4) is 0 Å². The number of sulfonamides is 1. The van der Waals surface area contributed by atoms with E-state index in [-0.39, 0.29) is 29.5 Å². The van der Waals surface area contributed by atoms with Gasteiger partial charge in [-0.2, -0.15) is 0 Å². The van der Waals surface area contributed by atoms with Crippen LogP contribution in [0.2, 0.25) is 5.02 Å². The normalized spacial score (nSPS) is 11.8. The Labute approximate surface area is 270 Å². The molecule has 0 aliphatic carbocycles. The fourth-order valence-corrected chi connectivity index (χ4v) is 6.45. The Kier molecular flexibility index (Phi) is 11.6. The Balaban J connectivity index is 1.80. The molecule has 0 aliphatic rings. The zero-order valence-electron chi connectivity index (χ0n) is 25.6. The van der Waals surface area contributed by atoms with Crippen LogP contribution < -0.4 is 14.4 Å². The first kappa shape index (κ1) is 33.6. The fourth-order valence-electron chi connectivity index (χ4n) is 4.84. The molecule has 1 atom stereocenters. The molecule has 0 heterocycles. The highest BCUT2D eigenvalue weighted by Gasteiger charge is 2.34. The number of benzene rings is 4. The number of amides is 2. The van der Waals surface area contributed by atoms with Gasteiger partial charge in [-0.15, -0.1) is 0 Å². The fraction of sp³-hybridized carbons (Fsp3) is 0.257. The van der Waals surface area contributed by atoms with Crippen LogP contribution in [-0.2, 0) is 32.6 Å². The molecule has 4 rings (SSSR count). The van der Waals surface area contributed by atoms with Gasteiger partial charge < -0.3 is 15.0 Å². The number of halogens is 1. The van der Waals surface area contributed by atoms with E-state index in [0.717, 1.165) is 15.4 Å². The van der Waals surface area contributed by atoms with Crippen molar-refractivity contribution in [3.8, 4) is 5.75 Å². The molecular formula is C35H38ClN3O5S. The standard InChI is InChI=1S/C35H38ClN3O5S/c1-4-22-37-35(41)33(23-27-10-6-5-7-11-27)38(24-28-12-8-9-13-32(28)36)34(40)25-39(29-16-18-30(44-3)19-17-29)45(42,43)31-20-14-26(2)15-21-31/h5-21,33H,4,22-25H2,1-3H3,(H,37,41). The van der Waals surface area contributed by atoms with E-state index in [2.05, 4.69) is 5.32 Å². The van der Waals surface area contributed by atoms with E-state index in [1.54, 1.807) is 60.7 Å². The number of carbonyl (C=O) groups excluding carboxylic acids is 2. The smallest absolute Gasteiger partial charge is 0.264 e. The highest BCUT2D eigenvalue weighted by molar-refractivity contribution is 7.92. The van der Waals surface area contributed by atoms with Gasteiger partial charge in [-0.05, 0) is 66.9 Å². The topological polar surface area (TPSA) is 96.0 Å². The minimum atomic E-state index is -4.20. The van der Waals surface area contributed by atoms with E-state index in [1.165, 1.54) is 24.1 Å². The summed E-state index contributed by atoms with van der Waals surface area (Å²) in [4.78, 5) is 29.7. The highest BCUT2D eigenvalue weighted by atomic mass is 35.5. The molecule has 1 unspecified atom stereocenters. The predicted molar refractivity (Wildman–Crippen MR) is 178 cm³/mol. The summed E-state index contributed by atoms with van der Waals surface area (Å²) in [5.74, 6) is -0.360. The highest BCUT2D eigenvalue weighted by Crippen LogP contribution is 2.28. The van der Waals surface area contributed by atoms with Crippen LogP contribution in [0.15, 0.2) is 108 Å². The van der Waals surface area contributed by atoms with Gasteiger partial charge in [0, 0.05) is 24.5 Å². The quantitative estimate of drug-likeness (QED) is 0.181. The molecule has 0 aliphatic heterocycles. The summed E-state index contributed by atoms with van der Waals surface area (Å²) in [5.41, 5.74) is 2.66. The summed E-state index contributed by atoms with van der Waals surface area (Å²) in [6.45, 7) is 3.68. The average molecular weight is 648 g/mol. The number of methoxy groups -OCH3 is 1. The molecule has 236 valence electrons. The number of aryl methyl sites for hydroxylation is 1. The van der Waals surface area contributed by atoms with E-state index in [1.807, 2.05) is 44.2 Å². The second kappa shape index (κ2) is 15.6. The summed E-state index contributed by atoms with van der Waals surface area (Å²) in [6, 6.07) is 28.5. The van der Waals surface area contributed by atoms with Gasteiger partial charge >= 0.3 is 0 Å². The lowest BCUT2D eigenvalue weighted by Crippen LogP contribution is -2.53. The molecule has 0 saturated heterocycles. The lowest BCUT2D eigenvalue weighted by Gasteiger charge is -2.34. The van der Waals surface area contributed by atoms with Gasteiger partial charge in [-0.25, -0.2) is 8.42 Å². The van der Waals surface area contributed by atoms with E-state index in [9.17, 15) is 18.0 Å². The van der Waals surface area contributed by atoms with Crippen molar-refractivity contribution in [2.24, 2.45) is 0 Å². The molecule has 0 aromatic heterocycles. The number of hydrogen-bond acceptors (Lipinski definition) is 5. The van der Waals surface area contributed by atoms with E-state index < -0.39 is 28.5 Å². The van der Waals surface area contributed by atoms with Gasteiger partial charge in [0.2, 0.25) is 11.8 Å². The van der Waals surface area contributed by atoms with Crippen molar-refractivity contribution in [1.82, 2.24) is 10.2 Å². The third kappa shape index (κ3) is 8.65. The molecule has 0 spiro atoms. The summed E-state index contributed by atoms with van der Waals surface area (Å²) in [6.07, 6.45) is 0.933. The van der Waals surface area contributed by atoms with Crippen LogP contribution in [0.5, 0.6) is 5.75 Å². The number of hydrogen-bond donors (Lipinski definition) is 1. The molecule has 2 amide bonds. The third-order valence-corrected chi connectivity index (χ3v) is 9.52. The maximum atomic E-state index is 14.5. The Hall–Kier alpha value is -4.34. The summed E-state index contributed by atoms with van der Waals surface area (Å²) >= 11 is 6.54. The first-order valence-corrected chi connectivity index (χ1v) is 16.5. The van der Waals surface area contributed by atoms with Crippen LogP contribution in [0.4, 0.5) is 5.69 Å². The zero-order valence-corrected chi connectivity index (χ0v) is 27.2. The molecular weight excluding hydrogens is 610 g/mol. The van der Waals surface area contributed by atoms with Crippen molar-refractivity contribution in [3.05, 3.63) is 125 Å². The van der Waals surface area contributed by atoms with Gasteiger partial charge in [-0.3, -0.25) is 13.9 Å². The first-order chi connectivity index (χ1) is 21.6. The lowest BCUT2D eigenvalue weighted by molar-refractivity contribution is -0.140. The molecule has 45 heavy (non-hydrogen) atoms. The van der Waals surface area contributed by atoms with E-state index in [0.29, 0.717) is 29.3 Å². The maximum absolute atomic E-state index is 14.5. The number of nitrogens with one attached hydrogen (secondary N) is 1. The van der Waals surface area contributed by atoms with Gasteiger partial charge in [0.25, 0.3) is 10.0 Å². The number of rotatable bonds is 14. The van der Waals surface area contributed by atoms with Gasteiger partial charge in [0.1, 0.15) is 18.3 Å². The van der Waals surface area contributed by atoms with Crippen molar-refractivity contribution in [1.29, 1.82) is 0 Å². The number of anilines is 1. The molecule has 0 fully saturated rings. The molecule has 0 bridgehead atoms. The third-order valence-electron chi connectivity index (χ3n) is 7.37. The maximum Gasteiger partial charge on any atom is 0.264 e. The van der Waals surface area contributed by atoms with Crippen LogP contribution in [0.25, 0.3) is 0 Å². The minimum absolute atomic E-state index is 0.00339. The second-order valence-corrected chi connectivity index (χ2v) is 12.9. The molecule has 0 radical (unpaired) electrons. The van der Waals surface area contributed by atoms with Gasteiger partial charge in [0.05, 0.1) is 17.7 Å². The SMILES string of the molecule is CCCNC(=O)C(Cc1ccccc1)N(Cc1ccccc1Cl)C(=O)CN(c1ccc(OC)cc1)S(=O)(=O)c1ccc(C)cc1. The average Bonchev–Trinajstić information content (AvgIpc) is 3.05. The predicted octanol–water partition coefficient (Wildman–Crippen LogP) is 6.02. The summed E-state index contributed by atoms with van der Waals surface area (Å²) < 4.78 is 34.6. The van der Waals surface area contributed by atoms with Crippen molar-refractivity contribution >= 4 is 39.1 Å². The minimum Gasteiger partial charge on any atom is -0.497 e. The second-order valence-electron chi connectivity index (χ2n) is 10.6. The Morgan fingerprint density at radius 3 is 2.16 bits per heavy atom. The molecule has 4 aromatic rings. The van der Waals surface area contributed by atoms with Crippen molar-refractivity contribution < 1.29 is 22.7 Å². The Bertz CT molecular complexity index is 1680. The molecule has 1 N–H and O–H groups in total. The van der Waals surface area contributed by atoms with Crippen LogP contribution in [0.1, 0.15) is 30.0 Å². The number of ether oxygens (including phenoxy) is 1. The first-order valence-electron chi connectivity index (χ1n) is 14.7. The lowest BCUT2D eigenvalue weighted by atomic mass is 10.0. The molecule has 4 aromatic carbocycles. The number of carbonyl (C=O) groups is 2. The van der Waals surface area contributed by atoms with Crippen LogP contribution >= 0.6 is 11.6 Å². The molecule has 10 heteroatoms. The molecule has 0 saturated carbocycles. The Morgan fingerprint density at radius 2 is 1.53 bits per heavy atom. The number of nitrogens with zero attached hydrogens (tertiary/aromatic N) is 2. The Morgan fingerprint density at radius 1 is 0.889 bits per heavy atom. The van der Waals surface area contributed by atoms with Crippen LogP contribution in [-0.4, -0.2) is 51.4 Å². The van der Waals surface area contributed by atoms with Crippen molar-refractivity contribution in [2.75, 3.05) is 24.5 Å². The summed E-state index contributed by atoms with van der Waals surface area (Å²) in [5, 5.41) is 3.37. The zero-order chi connectivity index (χ0) is 32.4. The van der Waals surface area contributed by atoms with Crippen LogP contribution in [0, 0.1) is 6.92 Å². The largest absolute Gasteiger partial charge is 0.497 e.